The third-order valence-corrected chi connectivity index (χ3v) is 7.32. The Bertz CT molecular complexity index is 879. The molecule has 2 saturated heterocycles. The number of Topliss-reactive ketones (excluding diaryl/α,β-unsaturated/α-hetero) is 1. The molecule has 0 aliphatic carbocycles. The summed E-state index contributed by atoms with van der Waals surface area (Å²) in [6.07, 6.45) is 0.770. The molecule has 1 aromatic carbocycles. The number of amides is 1. The lowest BCUT2D eigenvalue weighted by Gasteiger charge is -2.35. The maximum Gasteiger partial charge on any atom is 0.328 e. The van der Waals surface area contributed by atoms with Gasteiger partial charge in [-0.05, 0) is 6.92 Å². The average Bonchev–Trinajstić information content (AvgIpc) is 2.70. The Morgan fingerprint density at radius 3 is 2.56 bits per heavy atom. The van der Waals surface area contributed by atoms with Gasteiger partial charge in [0.05, 0.1) is 6.42 Å². The molecule has 0 bridgehead atoms. The summed E-state index contributed by atoms with van der Waals surface area (Å²) in [6, 6.07) is 6.81. The number of fused-ring (bicyclic) bond motifs is 1. The minimum Gasteiger partial charge on any atom is -0.480 e. The first-order chi connectivity index (χ1) is 11.7. The van der Waals surface area contributed by atoms with Crippen LogP contribution in [0.3, 0.4) is 0 Å². The number of carbonyl (C=O) groups is 3. The van der Waals surface area contributed by atoms with Crippen LogP contribution in [-0.4, -0.2) is 65.0 Å². The van der Waals surface area contributed by atoms with Crippen LogP contribution in [0.5, 0.6) is 0 Å². The number of ketones is 1. The number of carbonyl (C=O) groups excluding carboxylic acids is 2. The summed E-state index contributed by atoms with van der Waals surface area (Å²) in [6.45, 7) is 0.920. The normalized spacial score (nSPS) is 30.1. The molecule has 2 heterocycles. The molecule has 2 aliphatic rings. The molecular weight excluding hydrogens is 348 g/mol. The SMILES string of the molecule is C[C@]1(C=NCC(=O)c2ccccc2)[C@H](C(=O)O)N2C(=O)C[C@H]2S1(=O)=O. The Labute approximate surface area is 144 Å². The molecule has 0 saturated carbocycles. The van der Waals surface area contributed by atoms with Crippen molar-refractivity contribution >= 4 is 33.7 Å². The quantitative estimate of drug-likeness (QED) is 0.451. The highest BCUT2D eigenvalue weighted by atomic mass is 32.2. The molecule has 0 aromatic heterocycles. The van der Waals surface area contributed by atoms with E-state index in [2.05, 4.69) is 4.99 Å². The van der Waals surface area contributed by atoms with E-state index in [1.54, 1.807) is 30.3 Å². The Morgan fingerprint density at radius 1 is 1.36 bits per heavy atom. The molecule has 2 fully saturated rings. The summed E-state index contributed by atoms with van der Waals surface area (Å²) in [5, 5.41) is 8.28. The molecule has 3 atom stereocenters. The molecule has 25 heavy (non-hydrogen) atoms. The van der Waals surface area contributed by atoms with Gasteiger partial charge in [-0.1, -0.05) is 30.3 Å². The van der Waals surface area contributed by atoms with E-state index in [9.17, 15) is 27.9 Å². The fraction of sp³-hybridized carbons (Fsp3) is 0.375. The predicted octanol–water partition coefficient (Wildman–Crippen LogP) is 0.139. The van der Waals surface area contributed by atoms with Crippen LogP contribution < -0.4 is 0 Å². The van der Waals surface area contributed by atoms with Crippen molar-refractivity contribution in [2.24, 2.45) is 4.99 Å². The molecule has 8 nitrogen and oxygen atoms in total. The number of β-lactam (4-membered cyclic amide) rings is 1. The average molecular weight is 364 g/mol. The van der Waals surface area contributed by atoms with E-state index in [0.29, 0.717) is 5.56 Å². The van der Waals surface area contributed by atoms with Gasteiger partial charge >= 0.3 is 5.97 Å². The van der Waals surface area contributed by atoms with E-state index < -0.39 is 37.9 Å². The minimum atomic E-state index is -3.95. The van der Waals surface area contributed by atoms with Crippen LogP contribution in [0.15, 0.2) is 35.3 Å². The number of benzene rings is 1. The predicted molar refractivity (Wildman–Crippen MR) is 88.1 cm³/mol. The van der Waals surface area contributed by atoms with Crippen LogP contribution >= 0.6 is 0 Å². The number of aliphatic imine (C=N–C) groups is 1. The second kappa shape index (κ2) is 5.76. The fourth-order valence-corrected chi connectivity index (χ4v) is 5.46. The maximum atomic E-state index is 12.6. The Hall–Kier alpha value is -2.55. The Morgan fingerprint density at radius 2 is 2.00 bits per heavy atom. The third kappa shape index (κ3) is 2.46. The molecule has 1 amide bonds. The van der Waals surface area contributed by atoms with Gasteiger partial charge in [-0.15, -0.1) is 0 Å². The summed E-state index contributed by atoms with van der Waals surface area (Å²) in [7, 11) is -3.95. The number of nitrogens with zero attached hydrogens (tertiary/aromatic N) is 2. The number of hydrogen-bond acceptors (Lipinski definition) is 6. The highest BCUT2D eigenvalue weighted by Crippen LogP contribution is 2.45. The van der Waals surface area contributed by atoms with Gasteiger partial charge in [-0.3, -0.25) is 14.6 Å². The summed E-state index contributed by atoms with van der Waals surface area (Å²) in [5.41, 5.74) is 0.424. The molecule has 0 unspecified atom stereocenters. The number of rotatable bonds is 5. The van der Waals surface area contributed by atoms with Crippen LogP contribution in [0, 0.1) is 0 Å². The first kappa shape index (κ1) is 17.3. The number of aliphatic carboxylic acids is 1. The molecule has 0 spiro atoms. The van der Waals surface area contributed by atoms with E-state index in [4.69, 9.17) is 0 Å². The number of carboxylic acids is 1. The minimum absolute atomic E-state index is 0.224. The topological polar surface area (TPSA) is 121 Å². The fourth-order valence-electron chi connectivity index (χ4n) is 3.23. The number of sulfone groups is 1. The Kier molecular flexibility index (Phi) is 3.98. The third-order valence-electron chi connectivity index (χ3n) is 4.65. The van der Waals surface area contributed by atoms with Crippen molar-refractivity contribution in [3.05, 3.63) is 35.9 Å². The number of carboxylic acid groups (broad SMARTS) is 1. The first-order valence-electron chi connectivity index (χ1n) is 7.57. The van der Waals surface area contributed by atoms with E-state index in [-0.39, 0.29) is 18.7 Å². The zero-order valence-electron chi connectivity index (χ0n) is 13.3. The lowest BCUT2D eigenvalue weighted by Crippen LogP contribution is -2.57. The summed E-state index contributed by atoms with van der Waals surface area (Å²) < 4.78 is 23.4. The molecule has 9 heteroatoms. The monoisotopic (exact) mass is 364 g/mol. The number of hydrogen-bond donors (Lipinski definition) is 1. The van der Waals surface area contributed by atoms with Crippen molar-refractivity contribution < 1.29 is 27.9 Å². The molecular formula is C16H16N2O6S. The van der Waals surface area contributed by atoms with Crippen LogP contribution in [0.2, 0.25) is 0 Å². The van der Waals surface area contributed by atoms with Crippen LogP contribution in [0.4, 0.5) is 0 Å². The van der Waals surface area contributed by atoms with Crippen molar-refractivity contribution in [3.8, 4) is 0 Å². The van der Waals surface area contributed by atoms with E-state index in [0.717, 1.165) is 11.1 Å². The molecule has 1 N–H and O–H groups in total. The van der Waals surface area contributed by atoms with E-state index in [1.807, 2.05) is 0 Å². The summed E-state index contributed by atoms with van der Waals surface area (Å²) in [5.74, 6) is -2.25. The largest absolute Gasteiger partial charge is 0.480 e. The highest BCUT2D eigenvalue weighted by molar-refractivity contribution is 7.94. The van der Waals surface area contributed by atoms with Crippen molar-refractivity contribution in [2.45, 2.75) is 29.5 Å². The molecule has 0 radical (unpaired) electrons. The van der Waals surface area contributed by atoms with Crippen LogP contribution in [0.25, 0.3) is 0 Å². The van der Waals surface area contributed by atoms with Crippen LogP contribution in [-0.2, 0) is 19.4 Å². The van der Waals surface area contributed by atoms with Gasteiger partial charge < -0.3 is 10.0 Å². The van der Waals surface area contributed by atoms with Gasteiger partial charge in [0.25, 0.3) is 0 Å². The van der Waals surface area contributed by atoms with Crippen LogP contribution in [0.1, 0.15) is 23.7 Å². The van der Waals surface area contributed by atoms with Gasteiger partial charge in [0, 0.05) is 11.8 Å². The van der Waals surface area contributed by atoms with E-state index in [1.165, 1.54) is 6.92 Å². The second-order valence-corrected chi connectivity index (χ2v) is 8.70. The molecule has 132 valence electrons. The lowest BCUT2D eigenvalue weighted by molar-refractivity contribution is -0.156. The van der Waals surface area contributed by atoms with E-state index >= 15 is 0 Å². The van der Waals surface area contributed by atoms with Crippen molar-refractivity contribution in [3.63, 3.8) is 0 Å². The van der Waals surface area contributed by atoms with Crippen molar-refractivity contribution in [1.82, 2.24) is 4.90 Å². The lowest BCUT2D eigenvalue weighted by atomic mass is 9.97. The zero-order chi connectivity index (χ0) is 18.4. The molecule has 1 aromatic rings. The highest BCUT2D eigenvalue weighted by Gasteiger charge is 2.69. The van der Waals surface area contributed by atoms with Gasteiger partial charge in [0.15, 0.2) is 21.7 Å². The van der Waals surface area contributed by atoms with Gasteiger partial charge in [-0.25, -0.2) is 13.2 Å². The standard InChI is InChI=1S/C16H16N2O6S/c1-16(9-17-8-11(19)10-5-3-2-4-6-10)14(15(21)22)18-12(20)7-13(18)25(16,23)24/h2-6,9,13-14H,7-8H2,1H3,(H,21,22)/t13-,14+,16+/m1/s1. The first-order valence-corrected chi connectivity index (χ1v) is 9.11. The summed E-state index contributed by atoms with van der Waals surface area (Å²) >= 11 is 0. The smallest absolute Gasteiger partial charge is 0.328 e. The van der Waals surface area contributed by atoms with Gasteiger partial charge in [-0.2, -0.15) is 0 Å². The van der Waals surface area contributed by atoms with Crippen molar-refractivity contribution in [1.29, 1.82) is 0 Å². The zero-order valence-corrected chi connectivity index (χ0v) is 14.1. The second-order valence-electron chi connectivity index (χ2n) is 6.19. The summed E-state index contributed by atoms with van der Waals surface area (Å²) in [4.78, 5) is 40.1. The molecule has 2 aliphatic heterocycles. The maximum absolute atomic E-state index is 12.6. The van der Waals surface area contributed by atoms with Gasteiger partial charge in [0.2, 0.25) is 5.91 Å². The molecule has 3 rings (SSSR count). The Balaban J connectivity index is 1.87. The van der Waals surface area contributed by atoms with Crippen molar-refractivity contribution in [2.75, 3.05) is 6.54 Å². The van der Waals surface area contributed by atoms with Gasteiger partial charge in [0.1, 0.15) is 16.7 Å².